The number of pyridine rings is 1. The van der Waals surface area contributed by atoms with Gasteiger partial charge in [0, 0.05) is 12.7 Å². The molecule has 0 spiro atoms. The number of urea groups is 1. The molecule has 7 heteroatoms. The van der Waals surface area contributed by atoms with Gasteiger partial charge in [-0.3, -0.25) is 4.98 Å². The van der Waals surface area contributed by atoms with Gasteiger partial charge in [-0.2, -0.15) is 13.2 Å². The highest BCUT2D eigenvalue weighted by atomic mass is 19.4. The van der Waals surface area contributed by atoms with Crippen LogP contribution in [0.1, 0.15) is 16.8 Å². The van der Waals surface area contributed by atoms with Gasteiger partial charge in [-0.1, -0.05) is 18.2 Å². The molecular formula is C15H14F3N3O. The maximum Gasteiger partial charge on any atom is 0.416 e. The Bertz CT molecular complexity index is 629. The van der Waals surface area contributed by atoms with Gasteiger partial charge in [-0.25, -0.2) is 4.79 Å². The molecule has 4 nitrogen and oxygen atoms in total. The number of rotatable bonds is 4. The molecule has 0 aliphatic carbocycles. The summed E-state index contributed by atoms with van der Waals surface area (Å²) < 4.78 is 37.7. The van der Waals surface area contributed by atoms with E-state index in [0.717, 1.165) is 12.1 Å². The summed E-state index contributed by atoms with van der Waals surface area (Å²) >= 11 is 0. The number of amides is 2. The summed E-state index contributed by atoms with van der Waals surface area (Å²) in [4.78, 5) is 15.6. The Balaban J connectivity index is 1.84. The third-order valence-electron chi connectivity index (χ3n) is 2.86. The molecule has 116 valence electrons. The largest absolute Gasteiger partial charge is 0.416 e. The smallest absolute Gasteiger partial charge is 0.334 e. The summed E-state index contributed by atoms with van der Waals surface area (Å²) in [5.41, 5.74) is 0.334. The number of alkyl halides is 3. The van der Waals surface area contributed by atoms with Crippen LogP contribution in [-0.2, 0) is 19.3 Å². The lowest BCUT2D eigenvalue weighted by Crippen LogP contribution is -2.34. The van der Waals surface area contributed by atoms with Crippen molar-refractivity contribution < 1.29 is 18.0 Å². The first-order chi connectivity index (χ1) is 10.4. The van der Waals surface area contributed by atoms with Crippen LogP contribution in [0.25, 0.3) is 0 Å². The number of aromatic nitrogens is 1. The number of hydrogen-bond acceptors (Lipinski definition) is 2. The average molecular weight is 309 g/mol. The van der Waals surface area contributed by atoms with Crippen LogP contribution in [0.2, 0.25) is 0 Å². The Morgan fingerprint density at radius 2 is 1.82 bits per heavy atom. The van der Waals surface area contributed by atoms with Crippen molar-refractivity contribution in [2.45, 2.75) is 19.3 Å². The molecule has 0 atom stereocenters. The number of benzene rings is 1. The van der Waals surface area contributed by atoms with E-state index in [1.165, 1.54) is 12.1 Å². The van der Waals surface area contributed by atoms with E-state index >= 15 is 0 Å². The third-order valence-corrected chi connectivity index (χ3v) is 2.86. The van der Waals surface area contributed by atoms with Crippen LogP contribution in [0.4, 0.5) is 18.0 Å². The van der Waals surface area contributed by atoms with Crippen molar-refractivity contribution in [1.29, 1.82) is 0 Å². The van der Waals surface area contributed by atoms with Gasteiger partial charge in [0.05, 0.1) is 17.8 Å². The Morgan fingerprint density at radius 3 is 2.50 bits per heavy atom. The zero-order valence-corrected chi connectivity index (χ0v) is 11.5. The fraction of sp³-hybridized carbons (Fsp3) is 0.200. The summed E-state index contributed by atoms with van der Waals surface area (Å²) in [7, 11) is 0. The molecule has 0 unspecified atom stereocenters. The molecule has 0 saturated carbocycles. The van der Waals surface area contributed by atoms with Crippen LogP contribution >= 0.6 is 0 Å². The Hall–Kier alpha value is -2.57. The number of nitrogens with one attached hydrogen (secondary N) is 2. The van der Waals surface area contributed by atoms with E-state index in [1.807, 2.05) is 0 Å². The maximum absolute atomic E-state index is 12.6. The molecule has 0 radical (unpaired) electrons. The molecule has 0 aliphatic rings. The fourth-order valence-electron chi connectivity index (χ4n) is 1.78. The Morgan fingerprint density at radius 1 is 1.05 bits per heavy atom. The van der Waals surface area contributed by atoms with Gasteiger partial charge in [0.2, 0.25) is 0 Å². The molecule has 2 N–H and O–H groups in total. The predicted octanol–water partition coefficient (Wildman–Crippen LogP) is 3.10. The molecule has 22 heavy (non-hydrogen) atoms. The van der Waals surface area contributed by atoms with Crippen LogP contribution in [0.15, 0.2) is 48.7 Å². The number of hydrogen-bond donors (Lipinski definition) is 2. The molecule has 2 aromatic rings. The van der Waals surface area contributed by atoms with Gasteiger partial charge in [0.25, 0.3) is 0 Å². The second kappa shape index (κ2) is 6.93. The molecule has 0 aliphatic heterocycles. The highest BCUT2D eigenvalue weighted by molar-refractivity contribution is 5.73. The second-order valence-corrected chi connectivity index (χ2v) is 4.56. The van der Waals surface area contributed by atoms with Crippen molar-refractivity contribution in [2.75, 3.05) is 0 Å². The quantitative estimate of drug-likeness (QED) is 0.912. The highest BCUT2D eigenvalue weighted by Crippen LogP contribution is 2.29. The van der Waals surface area contributed by atoms with Crippen LogP contribution in [-0.4, -0.2) is 11.0 Å². The predicted molar refractivity (Wildman–Crippen MR) is 74.8 cm³/mol. The first-order valence-corrected chi connectivity index (χ1v) is 6.53. The standard InChI is InChI=1S/C15H14F3N3O/c16-15(17,18)12-5-3-4-11(8-12)9-20-14(22)21-10-13-6-1-2-7-19-13/h1-8H,9-10H2,(H2,20,21,22). The second-order valence-electron chi connectivity index (χ2n) is 4.56. The lowest BCUT2D eigenvalue weighted by atomic mass is 10.1. The monoisotopic (exact) mass is 309 g/mol. The van der Waals surface area contributed by atoms with E-state index in [9.17, 15) is 18.0 Å². The van der Waals surface area contributed by atoms with Crippen molar-refractivity contribution in [1.82, 2.24) is 15.6 Å². The van der Waals surface area contributed by atoms with Crippen LogP contribution in [0.5, 0.6) is 0 Å². The van der Waals surface area contributed by atoms with E-state index in [4.69, 9.17) is 0 Å². The van der Waals surface area contributed by atoms with Gasteiger partial charge >= 0.3 is 12.2 Å². The van der Waals surface area contributed by atoms with Gasteiger partial charge in [-0.05, 0) is 29.8 Å². The van der Waals surface area contributed by atoms with Crippen molar-refractivity contribution >= 4 is 6.03 Å². The van der Waals surface area contributed by atoms with E-state index in [0.29, 0.717) is 11.3 Å². The maximum atomic E-state index is 12.6. The van der Waals surface area contributed by atoms with Crippen molar-refractivity contribution in [3.63, 3.8) is 0 Å². The van der Waals surface area contributed by atoms with Gasteiger partial charge in [-0.15, -0.1) is 0 Å². The molecule has 1 aromatic carbocycles. The van der Waals surface area contributed by atoms with Crippen LogP contribution < -0.4 is 10.6 Å². The topological polar surface area (TPSA) is 54.0 Å². The molecule has 1 heterocycles. The van der Waals surface area contributed by atoms with Crippen LogP contribution in [0, 0.1) is 0 Å². The van der Waals surface area contributed by atoms with Crippen molar-refractivity contribution in [2.24, 2.45) is 0 Å². The molecule has 0 bridgehead atoms. The van der Waals surface area contributed by atoms with E-state index in [2.05, 4.69) is 15.6 Å². The molecular weight excluding hydrogens is 295 g/mol. The lowest BCUT2D eigenvalue weighted by Gasteiger charge is -2.10. The summed E-state index contributed by atoms with van der Waals surface area (Å²) in [6, 6.07) is 9.68. The minimum Gasteiger partial charge on any atom is -0.334 e. The summed E-state index contributed by atoms with van der Waals surface area (Å²) in [5.74, 6) is 0. The zero-order chi connectivity index (χ0) is 16.0. The fourth-order valence-corrected chi connectivity index (χ4v) is 1.78. The summed E-state index contributed by atoms with van der Waals surface area (Å²) in [6.07, 6.45) is -2.78. The summed E-state index contributed by atoms with van der Waals surface area (Å²) in [5, 5.41) is 5.08. The van der Waals surface area contributed by atoms with Crippen molar-refractivity contribution in [3.8, 4) is 0 Å². The SMILES string of the molecule is O=C(NCc1cccc(C(F)(F)F)c1)NCc1ccccn1. The Kier molecular flexibility index (Phi) is 4.98. The first-order valence-electron chi connectivity index (χ1n) is 6.53. The molecule has 1 aromatic heterocycles. The average Bonchev–Trinajstić information content (AvgIpc) is 2.51. The van der Waals surface area contributed by atoms with Gasteiger partial charge < -0.3 is 10.6 Å². The van der Waals surface area contributed by atoms with Crippen LogP contribution in [0.3, 0.4) is 0 Å². The van der Waals surface area contributed by atoms with E-state index < -0.39 is 17.8 Å². The minimum absolute atomic E-state index is 0.0119. The number of carbonyl (C=O) groups is 1. The normalized spacial score (nSPS) is 11.0. The van der Waals surface area contributed by atoms with E-state index in [-0.39, 0.29) is 13.1 Å². The first kappa shape index (κ1) is 15.8. The molecule has 2 rings (SSSR count). The lowest BCUT2D eigenvalue weighted by molar-refractivity contribution is -0.137. The molecule has 0 fully saturated rings. The summed E-state index contributed by atoms with van der Waals surface area (Å²) in [6.45, 7) is 0.257. The zero-order valence-electron chi connectivity index (χ0n) is 11.5. The van der Waals surface area contributed by atoms with Crippen molar-refractivity contribution in [3.05, 3.63) is 65.5 Å². The Labute approximate surface area is 125 Å². The third kappa shape index (κ3) is 4.76. The number of halogens is 3. The number of nitrogens with zero attached hydrogens (tertiary/aromatic N) is 1. The van der Waals surface area contributed by atoms with E-state index in [1.54, 1.807) is 24.4 Å². The minimum atomic E-state index is -4.39. The number of carbonyl (C=O) groups excluding carboxylic acids is 1. The molecule has 0 saturated heterocycles. The highest BCUT2D eigenvalue weighted by Gasteiger charge is 2.30. The van der Waals surface area contributed by atoms with Gasteiger partial charge in [0.15, 0.2) is 0 Å². The van der Waals surface area contributed by atoms with Gasteiger partial charge in [0.1, 0.15) is 0 Å². The molecule has 2 amide bonds.